The number of hydrogen-bond acceptors (Lipinski definition) is 9. The van der Waals surface area contributed by atoms with Crippen molar-refractivity contribution in [1.82, 2.24) is 29.7 Å². The van der Waals surface area contributed by atoms with Gasteiger partial charge in [-0.25, -0.2) is 37.4 Å². The summed E-state index contributed by atoms with van der Waals surface area (Å²) in [5.41, 5.74) is 1.70. The SMILES string of the molecule is CCc1cnc(N2CCC(n3ncc4c(Oc5ccc(S(C)(=O)=O)cc5F)ncnc43)CC2)nc1. The van der Waals surface area contributed by atoms with Crippen molar-refractivity contribution < 1.29 is 17.5 Å². The number of nitrogens with zero attached hydrogens (tertiary/aromatic N) is 7. The molecule has 5 rings (SSSR count). The van der Waals surface area contributed by atoms with E-state index in [1.54, 1.807) is 6.20 Å². The van der Waals surface area contributed by atoms with Crippen LogP contribution in [0.2, 0.25) is 0 Å². The molecule has 1 aliphatic heterocycles. The molecule has 4 heterocycles. The summed E-state index contributed by atoms with van der Waals surface area (Å²) >= 11 is 0. The van der Waals surface area contributed by atoms with Gasteiger partial charge in [-0.3, -0.25) is 0 Å². The molecule has 10 nitrogen and oxygen atoms in total. The molecule has 3 aromatic heterocycles. The van der Waals surface area contributed by atoms with E-state index in [9.17, 15) is 12.8 Å². The summed E-state index contributed by atoms with van der Waals surface area (Å²) in [5.74, 6) is -0.0526. The molecule has 0 aliphatic carbocycles. The van der Waals surface area contributed by atoms with E-state index in [2.05, 4.69) is 36.9 Å². The Labute approximate surface area is 201 Å². The predicted octanol–water partition coefficient (Wildman–Crippen LogP) is 3.36. The third-order valence-electron chi connectivity index (χ3n) is 6.09. The molecule has 0 N–H and O–H groups in total. The number of sulfone groups is 1. The van der Waals surface area contributed by atoms with Crippen molar-refractivity contribution in [1.29, 1.82) is 0 Å². The molecular weight excluding hydrogens is 473 g/mol. The van der Waals surface area contributed by atoms with Crippen molar-refractivity contribution in [2.45, 2.75) is 37.1 Å². The van der Waals surface area contributed by atoms with E-state index in [0.29, 0.717) is 11.0 Å². The Kier molecular flexibility index (Phi) is 6.05. The summed E-state index contributed by atoms with van der Waals surface area (Å²) in [4.78, 5) is 19.5. The smallest absolute Gasteiger partial charge is 0.233 e. The second kappa shape index (κ2) is 9.17. The summed E-state index contributed by atoms with van der Waals surface area (Å²) in [6.45, 7) is 3.64. The van der Waals surface area contributed by atoms with Crippen LogP contribution in [0.15, 0.2) is 48.0 Å². The summed E-state index contributed by atoms with van der Waals surface area (Å²) in [5, 5.41) is 5.06. The van der Waals surface area contributed by atoms with Crippen molar-refractivity contribution in [2.75, 3.05) is 24.2 Å². The Balaban J connectivity index is 1.34. The molecule has 0 bridgehead atoms. The Bertz CT molecular complexity index is 1470. The molecule has 182 valence electrons. The Morgan fingerprint density at radius 2 is 1.83 bits per heavy atom. The Morgan fingerprint density at radius 3 is 2.49 bits per heavy atom. The maximum atomic E-state index is 14.5. The molecule has 1 fully saturated rings. The largest absolute Gasteiger partial charge is 0.435 e. The van der Waals surface area contributed by atoms with E-state index in [-0.39, 0.29) is 22.6 Å². The molecule has 0 unspecified atom stereocenters. The van der Waals surface area contributed by atoms with Gasteiger partial charge in [-0.15, -0.1) is 0 Å². The molecule has 12 heteroatoms. The highest BCUT2D eigenvalue weighted by Crippen LogP contribution is 2.32. The number of piperidine rings is 1. The Hall–Kier alpha value is -3.67. The van der Waals surface area contributed by atoms with E-state index in [1.807, 2.05) is 17.1 Å². The van der Waals surface area contributed by atoms with Gasteiger partial charge in [-0.1, -0.05) is 6.92 Å². The second-order valence-corrected chi connectivity index (χ2v) is 10.5. The average molecular weight is 498 g/mol. The summed E-state index contributed by atoms with van der Waals surface area (Å²) in [6.07, 6.45) is 10.3. The first-order valence-corrected chi connectivity index (χ1v) is 13.1. The molecule has 1 aliphatic rings. The van der Waals surface area contributed by atoms with Crippen molar-refractivity contribution in [3.8, 4) is 11.6 Å². The van der Waals surface area contributed by atoms with Crippen LogP contribution in [0.3, 0.4) is 0 Å². The third-order valence-corrected chi connectivity index (χ3v) is 7.20. The van der Waals surface area contributed by atoms with Crippen LogP contribution in [0.5, 0.6) is 11.6 Å². The zero-order valence-electron chi connectivity index (χ0n) is 19.3. The first kappa shape index (κ1) is 23.1. The van der Waals surface area contributed by atoms with Crippen LogP contribution in [0, 0.1) is 5.82 Å². The van der Waals surface area contributed by atoms with Crippen molar-refractivity contribution in [2.24, 2.45) is 0 Å². The monoisotopic (exact) mass is 497 g/mol. The van der Waals surface area contributed by atoms with Gasteiger partial charge < -0.3 is 9.64 Å². The van der Waals surface area contributed by atoms with Crippen LogP contribution in [0.1, 0.15) is 31.4 Å². The van der Waals surface area contributed by atoms with Crippen LogP contribution in [0.4, 0.5) is 10.3 Å². The predicted molar refractivity (Wildman–Crippen MR) is 127 cm³/mol. The molecule has 1 aromatic carbocycles. The zero-order valence-corrected chi connectivity index (χ0v) is 20.1. The fourth-order valence-corrected chi connectivity index (χ4v) is 4.73. The summed E-state index contributed by atoms with van der Waals surface area (Å²) in [7, 11) is -3.53. The standard InChI is InChI=1S/C23H24FN7O3S/c1-3-15-11-25-23(26-12-15)30-8-6-16(7-9-30)31-21-18(13-29-31)22(28-14-27-21)34-20-5-4-17(10-19(20)24)35(2,32)33/h4-5,10-14,16H,3,6-9H2,1-2H3. The lowest BCUT2D eigenvalue weighted by molar-refractivity contribution is 0.372. The summed E-state index contributed by atoms with van der Waals surface area (Å²) < 4.78 is 45.4. The Morgan fingerprint density at radius 1 is 1.09 bits per heavy atom. The van der Waals surface area contributed by atoms with E-state index in [4.69, 9.17) is 4.74 Å². The number of fused-ring (bicyclic) bond motifs is 1. The van der Waals surface area contributed by atoms with Gasteiger partial charge in [-0.2, -0.15) is 5.10 Å². The van der Waals surface area contributed by atoms with Gasteiger partial charge in [0.25, 0.3) is 0 Å². The maximum absolute atomic E-state index is 14.5. The molecule has 0 atom stereocenters. The first-order valence-electron chi connectivity index (χ1n) is 11.2. The highest BCUT2D eigenvalue weighted by molar-refractivity contribution is 7.90. The van der Waals surface area contributed by atoms with Gasteiger partial charge in [-0.05, 0) is 43.0 Å². The van der Waals surface area contributed by atoms with E-state index in [0.717, 1.165) is 56.2 Å². The number of aromatic nitrogens is 6. The van der Waals surface area contributed by atoms with Gasteiger partial charge in [0.05, 0.1) is 17.1 Å². The average Bonchev–Trinajstić information content (AvgIpc) is 3.30. The summed E-state index contributed by atoms with van der Waals surface area (Å²) in [6, 6.07) is 3.62. The second-order valence-electron chi connectivity index (χ2n) is 8.43. The van der Waals surface area contributed by atoms with Gasteiger partial charge >= 0.3 is 0 Å². The minimum Gasteiger partial charge on any atom is -0.435 e. The lowest BCUT2D eigenvalue weighted by atomic mass is 10.1. The minimum absolute atomic E-state index is 0.118. The molecule has 0 saturated carbocycles. The number of ether oxygens (including phenoxy) is 1. The number of anilines is 1. The lowest BCUT2D eigenvalue weighted by Gasteiger charge is -2.32. The van der Waals surface area contributed by atoms with Gasteiger partial charge in [0.2, 0.25) is 11.8 Å². The number of aryl methyl sites for hydroxylation is 1. The van der Waals surface area contributed by atoms with Crippen LogP contribution in [-0.2, 0) is 16.3 Å². The van der Waals surface area contributed by atoms with Gasteiger partial charge in [0.15, 0.2) is 27.1 Å². The molecule has 1 saturated heterocycles. The molecule has 0 amide bonds. The minimum atomic E-state index is -3.53. The van der Waals surface area contributed by atoms with E-state index in [1.165, 1.54) is 18.5 Å². The number of halogens is 1. The topological polar surface area (TPSA) is 116 Å². The van der Waals surface area contributed by atoms with Crippen LogP contribution < -0.4 is 9.64 Å². The van der Waals surface area contributed by atoms with Gasteiger partial charge in [0, 0.05) is 31.7 Å². The van der Waals surface area contributed by atoms with Gasteiger partial charge in [0.1, 0.15) is 11.7 Å². The highest BCUT2D eigenvalue weighted by atomic mass is 32.2. The maximum Gasteiger partial charge on any atom is 0.233 e. The molecule has 0 spiro atoms. The van der Waals surface area contributed by atoms with E-state index < -0.39 is 15.7 Å². The lowest BCUT2D eigenvalue weighted by Crippen LogP contribution is -2.36. The van der Waals surface area contributed by atoms with E-state index >= 15 is 0 Å². The van der Waals surface area contributed by atoms with Crippen LogP contribution in [-0.4, -0.2) is 57.5 Å². The van der Waals surface area contributed by atoms with Crippen molar-refractivity contribution in [3.63, 3.8) is 0 Å². The molecule has 35 heavy (non-hydrogen) atoms. The zero-order chi connectivity index (χ0) is 24.6. The fourth-order valence-electron chi connectivity index (χ4n) is 4.09. The quantitative estimate of drug-likeness (QED) is 0.395. The highest BCUT2D eigenvalue weighted by Gasteiger charge is 2.25. The molecule has 0 radical (unpaired) electrons. The fraction of sp³-hybridized carbons (Fsp3) is 0.348. The van der Waals surface area contributed by atoms with Crippen molar-refractivity contribution >= 4 is 26.8 Å². The first-order chi connectivity index (χ1) is 16.8. The molecular formula is C23H24FN7O3S. The third kappa shape index (κ3) is 4.65. The number of hydrogen-bond donors (Lipinski definition) is 0. The number of benzene rings is 1. The van der Waals surface area contributed by atoms with Crippen molar-refractivity contribution in [3.05, 3.63) is 54.5 Å². The normalized spacial score (nSPS) is 15.0. The van der Waals surface area contributed by atoms with Crippen LogP contribution in [0.25, 0.3) is 11.0 Å². The van der Waals surface area contributed by atoms with Crippen LogP contribution >= 0.6 is 0 Å². The molecule has 4 aromatic rings. The number of rotatable bonds is 6.